The summed E-state index contributed by atoms with van der Waals surface area (Å²) in [6, 6.07) is 8.11. The van der Waals surface area contributed by atoms with Crippen molar-refractivity contribution in [3.63, 3.8) is 0 Å². The van der Waals surface area contributed by atoms with Crippen molar-refractivity contribution >= 4 is 0 Å². The highest BCUT2D eigenvalue weighted by atomic mass is 16.5. The predicted octanol–water partition coefficient (Wildman–Crippen LogP) is 3.55. The van der Waals surface area contributed by atoms with Crippen LogP contribution < -0.4 is 10.1 Å². The Morgan fingerprint density at radius 2 is 1.79 bits per heavy atom. The lowest BCUT2D eigenvalue weighted by Gasteiger charge is -2.26. The molecular weight excluding hydrogens is 238 g/mol. The Morgan fingerprint density at radius 3 is 2.26 bits per heavy atom. The number of ether oxygens (including phenoxy) is 2. The Balaban J connectivity index is 2.70. The molecule has 19 heavy (non-hydrogen) atoms. The number of benzene rings is 1. The van der Waals surface area contributed by atoms with Crippen LogP contribution in [0.5, 0.6) is 5.75 Å². The molecule has 1 atom stereocenters. The van der Waals surface area contributed by atoms with E-state index in [1.54, 1.807) is 7.11 Å². The van der Waals surface area contributed by atoms with Crippen LogP contribution in [0.2, 0.25) is 0 Å². The van der Waals surface area contributed by atoms with Crippen LogP contribution in [0.15, 0.2) is 24.3 Å². The van der Waals surface area contributed by atoms with Gasteiger partial charge in [0.1, 0.15) is 5.75 Å². The molecule has 0 aliphatic heterocycles. The first kappa shape index (κ1) is 16.0. The average molecular weight is 265 g/mol. The van der Waals surface area contributed by atoms with Gasteiger partial charge in [0.2, 0.25) is 0 Å². The minimum atomic E-state index is 0.0880. The van der Waals surface area contributed by atoms with Crippen molar-refractivity contribution < 1.29 is 9.47 Å². The van der Waals surface area contributed by atoms with Crippen molar-refractivity contribution in [3.05, 3.63) is 29.8 Å². The highest BCUT2D eigenvalue weighted by molar-refractivity contribution is 5.28. The van der Waals surface area contributed by atoms with Crippen LogP contribution in [0.3, 0.4) is 0 Å². The van der Waals surface area contributed by atoms with Crippen molar-refractivity contribution in [1.29, 1.82) is 0 Å². The molecule has 3 nitrogen and oxygen atoms in total. The maximum atomic E-state index is 5.94. The average Bonchev–Trinajstić information content (AvgIpc) is 2.38. The van der Waals surface area contributed by atoms with Crippen molar-refractivity contribution in [1.82, 2.24) is 5.32 Å². The maximum Gasteiger partial charge on any atom is 0.118 e. The van der Waals surface area contributed by atoms with E-state index in [2.05, 4.69) is 45.1 Å². The maximum absolute atomic E-state index is 5.94. The summed E-state index contributed by atoms with van der Waals surface area (Å²) >= 11 is 0. The second-order valence-corrected chi connectivity index (χ2v) is 5.76. The van der Waals surface area contributed by atoms with Crippen LogP contribution in [0.4, 0.5) is 0 Å². The Hall–Kier alpha value is -1.06. The lowest BCUT2D eigenvalue weighted by molar-refractivity contribution is 0.0487. The Bertz CT molecular complexity index is 354. The number of hydrogen-bond donors (Lipinski definition) is 1. The molecule has 0 fully saturated rings. The first-order valence-electron chi connectivity index (χ1n) is 6.97. The molecule has 108 valence electrons. The molecule has 0 bridgehead atoms. The molecule has 0 radical (unpaired) electrons. The molecule has 0 heterocycles. The molecule has 1 rings (SSSR count). The quantitative estimate of drug-likeness (QED) is 0.818. The fourth-order valence-corrected chi connectivity index (χ4v) is 1.75. The summed E-state index contributed by atoms with van der Waals surface area (Å²) in [5.41, 5.74) is 1.28. The van der Waals surface area contributed by atoms with Gasteiger partial charge in [-0.25, -0.2) is 0 Å². The molecular formula is C16H27NO2. The predicted molar refractivity (Wildman–Crippen MR) is 79.7 cm³/mol. The zero-order valence-electron chi connectivity index (χ0n) is 12.8. The smallest absolute Gasteiger partial charge is 0.118 e. The monoisotopic (exact) mass is 265 g/mol. The van der Waals surface area contributed by atoms with E-state index in [9.17, 15) is 0 Å². The molecule has 0 saturated carbocycles. The summed E-state index contributed by atoms with van der Waals surface area (Å²) in [5.74, 6) is 0.877. The van der Waals surface area contributed by atoms with E-state index in [0.29, 0.717) is 0 Å². The van der Waals surface area contributed by atoms with Crippen LogP contribution in [-0.4, -0.2) is 25.8 Å². The molecule has 1 unspecified atom stereocenters. The number of hydrogen-bond acceptors (Lipinski definition) is 3. The Labute approximate surface area is 117 Å². The summed E-state index contributed by atoms with van der Waals surface area (Å²) in [6.07, 6.45) is 1.12. The standard InChI is InChI=1S/C16H27NO2/c1-6-11-19-15(12-17-16(2,3)4)13-7-9-14(18-5)10-8-13/h7-10,15,17H,6,11-12H2,1-5H3. The highest BCUT2D eigenvalue weighted by Gasteiger charge is 2.16. The third kappa shape index (κ3) is 6.08. The molecule has 0 aromatic heterocycles. The van der Waals surface area contributed by atoms with Gasteiger partial charge in [-0.3, -0.25) is 0 Å². The Kier molecular flexibility index (Phi) is 6.32. The molecule has 1 aromatic rings. The summed E-state index contributed by atoms with van der Waals surface area (Å²) in [6.45, 7) is 10.2. The van der Waals surface area contributed by atoms with Gasteiger partial charge in [-0.05, 0) is 44.9 Å². The van der Waals surface area contributed by atoms with Crippen molar-refractivity contribution in [2.24, 2.45) is 0 Å². The lowest BCUT2D eigenvalue weighted by atomic mass is 10.1. The van der Waals surface area contributed by atoms with E-state index in [1.807, 2.05) is 12.1 Å². The zero-order valence-corrected chi connectivity index (χ0v) is 12.8. The third-order valence-corrected chi connectivity index (χ3v) is 2.83. The molecule has 0 amide bonds. The molecule has 0 saturated heterocycles. The van der Waals surface area contributed by atoms with Gasteiger partial charge in [0.05, 0.1) is 13.2 Å². The van der Waals surface area contributed by atoms with Gasteiger partial charge < -0.3 is 14.8 Å². The lowest BCUT2D eigenvalue weighted by Crippen LogP contribution is -2.39. The second kappa shape index (κ2) is 7.51. The van der Waals surface area contributed by atoms with Crippen LogP contribution in [0.1, 0.15) is 45.8 Å². The number of nitrogens with one attached hydrogen (secondary N) is 1. The van der Waals surface area contributed by atoms with Gasteiger partial charge in [-0.1, -0.05) is 19.1 Å². The fraction of sp³-hybridized carbons (Fsp3) is 0.625. The molecule has 3 heteroatoms. The van der Waals surface area contributed by atoms with E-state index in [-0.39, 0.29) is 11.6 Å². The molecule has 0 aliphatic carbocycles. The molecule has 0 spiro atoms. The van der Waals surface area contributed by atoms with Gasteiger partial charge in [0.15, 0.2) is 0 Å². The van der Waals surface area contributed by atoms with Crippen molar-refractivity contribution in [2.45, 2.75) is 45.8 Å². The third-order valence-electron chi connectivity index (χ3n) is 2.83. The van der Waals surface area contributed by atoms with Crippen LogP contribution in [0, 0.1) is 0 Å². The number of methoxy groups -OCH3 is 1. The minimum Gasteiger partial charge on any atom is -0.497 e. The molecule has 1 aromatic carbocycles. The van der Waals surface area contributed by atoms with E-state index in [1.165, 1.54) is 5.56 Å². The van der Waals surface area contributed by atoms with Crippen molar-refractivity contribution in [2.75, 3.05) is 20.3 Å². The van der Waals surface area contributed by atoms with Gasteiger partial charge in [-0.15, -0.1) is 0 Å². The summed E-state index contributed by atoms with van der Waals surface area (Å²) in [4.78, 5) is 0. The van der Waals surface area contributed by atoms with Crippen LogP contribution in [-0.2, 0) is 4.74 Å². The largest absolute Gasteiger partial charge is 0.497 e. The number of rotatable bonds is 7. The fourth-order valence-electron chi connectivity index (χ4n) is 1.75. The van der Waals surface area contributed by atoms with Gasteiger partial charge >= 0.3 is 0 Å². The normalized spacial score (nSPS) is 13.3. The van der Waals surface area contributed by atoms with Gasteiger partial charge in [0, 0.05) is 18.7 Å². The van der Waals surface area contributed by atoms with E-state index in [0.717, 1.165) is 25.3 Å². The van der Waals surface area contributed by atoms with Crippen LogP contribution >= 0.6 is 0 Å². The first-order valence-corrected chi connectivity index (χ1v) is 6.97. The van der Waals surface area contributed by atoms with Crippen LogP contribution in [0.25, 0.3) is 0 Å². The van der Waals surface area contributed by atoms with Crippen molar-refractivity contribution in [3.8, 4) is 5.75 Å². The zero-order chi connectivity index (χ0) is 14.3. The van der Waals surface area contributed by atoms with E-state index >= 15 is 0 Å². The molecule has 0 aliphatic rings. The minimum absolute atomic E-state index is 0.0880. The SMILES string of the molecule is CCCOC(CNC(C)(C)C)c1ccc(OC)cc1. The molecule has 1 N–H and O–H groups in total. The van der Waals surface area contributed by atoms with E-state index in [4.69, 9.17) is 9.47 Å². The van der Waals surface area contributed by atoms with E-state index < -0.39 is 0 Å². The second-order valence-electron chi connectivity index (χ2n) is 5.76. The van der Waals surface area contributed by atoms with Gasteiger partial charge in [0.25, 0.3) is 0 Å². The summed E-state index contributed by atoms with van der Waals surface area (Å²) < 4.78 is 11.1. The van der Waals surface area contributed by atoms with Gasteiger partial charge in [-0.2, -0.15) is 0 Å². The Morgan fingerprint density at radius 1 is 1.16 bits per heavy atom. The summed E-state index contributed by atoms with van der Waals surface area (Å²) in [7, 11) is 1.68. The summed E-state index contributed by atoms with van der Waals surface area (Å²) in [5, 5.41) is 3.50. The first-order chi connectivity index (χ1) is 8.96. The topological polar surface area (TPSA) is 30.5 Å². The highest BCUT2D eigenvalue weighted by Crippen LogP contribution is 2.21.